The maximum atomic E-state index is 13.4. The average molecular weight is 861 g/mol. The molecular formula is C45H40N4O12S. The molecule has 0 saturated carbocycles. The van der Waals surface area contributed by atoms with E-state index in [1.165, 1.54) is 99.8 Å². The Morgan fingerprint density at radius 2 is 1.44 bits per heavy atom. The van der Waals surface area contributed by atoms with Crippen LogP contribution in [0.1, 0.15) is 67.5 Å². The van der Waals surface area contributed by atoms with Crippen LogP contribution in [0.2, 0.25) is 0 Å². The third-order valence-electron chi connectivity index (χ3n) is 9.76. The highest BCUT2D eigenvalue weighted by Crippen LogP contribution is 2.35. The van der Waals surface area contributed by atoms with Crippen LogP contribution in [0.5, 0.6) is 23.0 Å². The quantitative estimate of drug-likeness (QED) is 0.0270. The number of phenols is 3. The number of carbonyl (C=O) groups is 5. The number of rotatable bonds is 15. The van der Waals surface area contributed by atoms with Gasteiger partial charge in [-0.15, -0.1) is 0 Å². The normalized spacial score (nSPS) is 11.8. The lowest BCUT2D eigenvalue weighted by Crippen LogP contribution is -2.27. The number of sulfonamides is 1. The number of ether oxygens (including phenoxy) is 1. The Kier molecular flexibility index (Phi) is 13.8. The number of aromatic hydroxyl groups is 3. The highest BCUT2D eigenvalue weighted by Gasteiger charge is 2.26. The minimum absolute atomic E-state index is 0.0145. The maximum absolute atomic E-state index is 13.4. The molecule has 0 aliphatic heterocycles. The number of carbonyl (C=O) groups excluding carboxylic acids is 4. The molecule has 5 aromatic rings. The van der Waals surface area contributed by atoms with Crippen molar-refractivity contribution in [1.82, 2.24) is 0 Å². The molecule has 6 N–H and O–H groups in total. The summed E-state index contributed by atoms with van der Waals surface area (Å²) in [6, 6.07) is 23.8. The van der Waals surface area contributed by atoms with Crippen molar-refractivity contribution in [1.29, 1.82) is 5.26 Å². The molecule has 0 aliphatic rings. The molecule has 1 atom stereocenters. The molecule has 0 heterocycles. The van der Waals surface area contributed by atoms with Gasteiger partial charge in [0.25, 0.3) is 15.9 Å². The van der Waals surface area contributed by atoms with Crippen LogP contribution in [-0.2, 0) is 19.6 Å². The maximum Gasteiger partial charge on any atom is 0.339 e. The van der Waals surface area contributed by atoms with Crippen LogP contribution in [-0.4, -0.2) is 65.4 Å². The molecule has 0 aliphatic carbocycles. The number of Topliss-reactive ketones (excluding diaryl/α,β-unsaturated/α-hetero) is 1. The lowest BCUT2D eigenvalue weighted by atomic mass is 9.95. The van der Waals surface area contributed by atoms with Crippen LogP contribution in [0.25, 0.3) is 6.08 Å². The number of carboxylic acids is 1. The largest absolute Gasteiger partial charge is 0.508 e. The number of nitriles is 1. The fraction of sp³-hybridized carbons (Fsp3) is 0.156. The number of anilines is 3. The first-order valence-electron chi connectivity index (χ1n) is 18.6. The summed E-state index contributed by atoms with van der Waals surface area (Å²) in [4.78, 5) is 64.6. The van der Waals surface area contributed by atoms with E-state index in [2.05, 4.69) is 10.0 Å². The van der Waals surface area contributed by atoms with Crippen molar-refractivity contribution in [3.05, 3.63) is 136 Å². The predicted molar refractivity (Wildman–Crippen MR) is 228 cm³/mol. The van der Waals surface area contributed by atoms with Crippen molar-refractivity contribution in [3.63, 3.8) is 0 Å². The number of phenolic OH excluding ortho intramolecular Hbond substituents is 2. The molecule has 0 fully saturated rings. The van der Waals surface area contributed by atoms with Gasteiger partial charge in [-0.05, 0) is 117 Å². The molecule has 5 aromatic carbocycles. The Balaban J connectivity index is 1.20. The average Bonchev–Trinajstić information content (AvgIpc) is 3.24. The van der Waals surface area contributed by atoms with Crippen molar-refractivity contribution in [2.75, 3.05) is 22.0 Å². The third kappa shape index (κ3) is 10.4. The Morgan fingerprint density at radius 3 is 2.05 bits per heavy atom. The van der Waals surface area contributed by atoms with Gasteiger partial charge < -0.3 is 35.4 Å². The minimum Gasteiger partial charge on any atom is -0.508 e. The van der Waals surface area contributed by atoms with E-state index in [9.17, 15) is 58.1 Å². The van der Waals surface area contributed by atoms with E-state index in [4.69, 9.17) is 4.74 Å². The van der Waals surface area contributed by atoms with E-state index in [1.807, 2.05) is 6.07 Å². The van der Waals surface area contributed by atoms with Crippen molar-refractivity contribution in [2.24, 2.45) is 5.92 Å². The van der Waals surface area contributed by atoms with E-state index < -0.39 is 57.0 Å². The van der Waals surface area contributed by atoms with E-state index in [0.717, 1.165) is 11.0 Å². The number of aromatic carboxylic acids is 1. The second-order valence-corrected chi connectivity index (χ2v) is 15.7. The summed E-state index contributed by atoms with van der Waals surface area (Å²) in [6.45, 7) is 4.38. The second-order valence-electron chi connectivity index (χ2n) is 14.0. The van der Waals surface area contributed by atoms with Crippen molar-refractivity contribution in [2.45, 2.75) is 38.5 Å². The van der Waals surface area contributed by atoms with Crippen molar-refractivity contribution in [3.8, 4) is 29.1 Å². The lowest BCUT2D eigenvalue weighted by Gasteiger charge is -2.22. The molecule has 0 bridgehead atoms. The monoisotopic (exact) mass is 860 g/mol. The zero-order valence-corrected chi connectivity index (χ0v) is 34.5. The Hall–Kier alpha value is -7.97. The van der Waals surface area contributed by atoms with Crippen LogP contribution in [0.3, 0.4) is 0 Å². The number of ketones is 1. The topological polar surface area (TPSA) is 261 Å². The van der Waals surface area contributed by atoms with E-state index in [0.29, 0.717) is 5.56 Å². The molecule has 0 unspecified atom stereocenters. The molecule has 16 nitrogen and oxygen atoms in total. The summed E-state index contributed by atoms with van der Waals surface area (Å²) in [5.41, 5.74) is 1.04. The number of hydrogen-bond donors (Lipinski definition) is 6. The predicted octanol–water partition coefficient (Wildman–Crippen LogP) is 6.95. The standard InChI is InChI=1S/C45H40N4O12S/c1-25(23-28-5-11-32(50)12-6-28)45(58)61-33-13-7-29(8-14-33)39(51)24-30(21-22-46)42(54)47-31-9-15-34(16-10-31)62(59,60)48-37-19-17-35(40(52)26(37)2)43(55)49(4)38-20-18-36(44(56)57)41(53)27(38)3/h5-20,23,30,48,50,52-53H,21,24H2,1-4H3,(H,47,54)(H,56,57)/b25-23+/t30-/m1/s1. The lowest BCUT2D eigenvalue weighted by molar-refractivity contribution is -0.130. The van der Waals surface area contributed by atoms with E-state index in [1.54, 1.807) is 25.1 Å². The number of carboxylic acid groups (broad SMARTS) is 1. The van der Waals surface area contributed by atoms with Gasteiger partial charge in [0, 0.05) is 47.8 Å². The first-order chi connectivity index (χ1) is 29.3. The van der Waals surface area contributed by atoms with Gasteiger partial charge in [-0.25, -0.2) is 18.0 Å². The van der Waals surface area contributed by atoms with Crippen LogP contribution in [0.15, 0.2) is 108 Å². The summed E-state index contributed by atoms with van der Waals surface area (Å²) in [6.07, 6.45) is 0.953. The highest BCUT2D eigenvalue weighted by atomic mass is 32.2. The number of amides is 2. The van der Waals surface area contributed by atoms with Gasteiger partial charge in [-0.3, -0.25) is 19.1 Å². The molecule has 0 spiro atoms. The number of esters is 1. The van der Waals surface area contributed by atoms with Crippen LogP contribution < -0.4 is 19.7 Å². The summed E-state index contributed by atoms with van der Waals surface area (Å²) >= 11 is 0. The fourth-order valence-electron chi connectivity index (χ4n) is 6.15. The molecule has 17 heteroatoms. The van der Waals surface area contributed by atoms with Crippen LogP contribution in [0.4, 0.5) is 17.1 Å². The Bertz CT molecular complexity index is 2760. The second kappa shape index (κ2) is 19.0. The molecule has 0 radical (unpaired) electrons. The molecule has 5 rings (SSSR count). The molecular weight excluding hydrogens is 821 g/mol. The molecule has 318 valence electrons. The first-order valence-corrected chi connectivity index (χ1v) is 20.1. The fourth-order valence-corrected chi connectivity index (χ4v) is 7.27. The summed E-state index contributed by atoms with van der Waals surface area (Å²) < 4.78 is 34.5. The van der Waals surface area contributed by atoms with Gasteiger partial charge in [0.2, 0.25) is 5.91 Å². The molecule has 2 amide bonds. The smallest absolute Gasteiger partial charge is 0.339 e. The third-order valence-corrected chi connectivity index (χ3v) is 11.1. The number of benzene rings is 5. The zero-order valence-electron chi connectivity index (χ0n) is 33.7. The van der Waals surface area contributed by atoms with E-state index in [-0.39, 0.29) is 79.7 Å². The Labute approximate surface area is 356 Å². The van der Waals surface area contributed by atoms with Gasteiger partial charge in [0.1, 0.15) is 28.6 Å². The highest BCUT2D eigenvalue weighted by molar-refractivity contribution is 7.92. The minimum atomic E-state index is -4.28. The summed E-state index contributed by atoms with van der Waals surface area (Å²) in [7, 11) is -2.92. The SMILES string of the molecule is C/C(=C\c1ccc(O)cc1)C(=O)Oc1ccc(C(=O)C[C@@H](CC#N)C(=O)Nc2ccc(S(=O)(=O)Nc3ccc(C(=O)N(C)c4ccc(C(=O)O)c(O)c4C)c(O)c3C)cc2)cc1. The molecule has 0 aromatic heterocycles. The molecule has 62 heavy (non-hydrogen) atoms. The van der Waals surface area contributed by atoms with Gasteiger partial charge in [-0.2, -0.15) is 5.26 Å². The van der Waals surface area contributed by atoms with Crippen molar-refractivity contribution < 1.29 is 57.6 Å². The number of nitrogens with one attached hydrogen (secondary N) is 2. The van der Waals surface area contributed by atoms with Crippen LogP contribution >= 0.6 is 0 Å². The summed E-state index contributed by atoms with van der Waals surface area (Å²) in [5.74, 6) is -5.70. The van der Waals surface area contributed by atoms with Crippen molar-refractivity contribution >= 4 is 62.7 Å². The van der Waals surface area contributed by atoms with Crippen LogP contribution in [0, 0.1) is 31.1 Å². The van der Waals surface area contributed by atoms with Gasteiger partial charge in [0.15, 0.2) is 5.78 Å². The molecule has 0 saturated heterocycles. The van der Waals surface area contributed by atoms with Gasteiger partial charge in [0.05, 0.1) is 33.8 Å². The first kappa shape index (κ1) is 45.1. The summed E-state index contributed by atoms with van der Waals surface area (Å²) in [5, 5.41) is 52.0. The zero-order chi connectivity index (χ0) is 45.5. The van der Waals surface area contributed by atoms with Gasteiger partial charge >= 0.3 is 11.9 Å². The number of hydrogen-bond acceptors (Lipinski definition) is 12. The van der Waals surface area contributed by atoms with Gasteiger partial charge in [-0.1, -0.05) is 12.1 Å². The number of nitrogens with zero attached hydrogens (tertiary/aromatic N) is 2. The Morgan fingerprint density at radius 1 is 0.823 bits per heavy atom. The van der Waals surface area contributed by atoms with E-state index >= 15 is 0 Å².